The number of hydrogen-bond donors (Lipinski definition) is 2. The van der Waals surface area contributed by atoms with Crippen LogP contribution in [0.1, 0.15) is 19.8 Å². The third-order valence-corrected chi connectivity index (χ3v) is 2.87. The Morgan fingerprint density at radius 1 is 1.60 bits per heavy atom. The van der Waals surface area contributed by atoms with E-state index in [-0.39, 0.29) is 18.6 Å². The number of carbonyl (C=O) groups excluding carboxylic acids is 1. The standard InChI is InChI=1S/C10H21NO3S/c1-3-4-5-15-8-10(13)11-9(6-12)7-14-2/h9,12H,3-8H2,1-2H3,(H,11,13). The van der Waals surface area contributed by atoms with Crippen molar-refractivity contribution in [1.82, 2.24) is 5.32 Å². The van der Waals surface area contributed by atoms with Gasteiger partial charge in [0.25, 0.3) is 0 Å². The van der Waals surface area contributed by atoms with Gasteiger partial charge in [0.05, 0.1) is 25.0 Å². The molecule has 0 heterocycles. The van der Waals surface area contributed by atoms with Crippen LogP contribution in [0.4, 0.5) is 0 Å². The van der Waals surface area contributed by atoms with Crippen molar-refractivity contribution < 1.29 is 14.6 Å². The zero-order valence-corrected chi connectivity index (χ0v) is 10.3. The van der Waals surface area contributed by atoms with Crippen LogP contribution in [0.25, 0.3) is 0 Å². The third kappa shape index (κ3) is 8.72. The van der Waals surface area contributed by atoms with E-state index in [1.807, 2.05) is 0 Å². The van der Waals surface area contributed by atoms with Gasteiger partial charge in [0.1, 0.15) is 0 Å². The van der Waals surface area contributed by atoms with Gasteiger partial charge in [-0.05, 0) is 12.2 Å². The monoisotopic (exact) mass is 235 g/mol. The highest BCUT2D eigenvalue weighted by Gasteiger charge is 2.10. The number of hydrogen-bond acceptors (Lipinski definition) is 4. The van der Waals surface area contributed by atoms with Gasteiger partial charge in [0.15, 0.2) is 0 Å². The highest BCUT2D eigenvalue weighted by atomic mass is 32.2. The number of methoxy groups -OCH3 is 1. The Hall–Kier alpha value is -0.260. The van der Waals surface area contributed by atoms with Crippen LogP contribution < -0.4 is 5.32 Å². The Morgan fingerprint density at radius 3 is 2.87 bits per heavy atom. The Labute approximate surface area is 95.8 Å². The SMILES string of the molecule is CCCCSCC(=O)NC(CO)COC. The average molecular weight is 235 g/mol. The van der Waals surface area contributed by atoms with Gasteiger partial charge in [0.2, 0.25) is 5.91 Å². The van der Waals surface area contributed by atoms with Crippen LogP contribution in [0.15, 0.2) is 0 Å². The van der Waals surface area contributed by atoms with Gasteiger partial charge in [-0.1, -0.05) is 13.3 Å². The van der Waals surface area contributed by atoms with Crippen LogP contribution in [-0.2, 0) is 9.53 Å². The van der Waals surface area contributed by atoms with Crippen molar-refractivity contribution in [1.29, 1.82) is 0 Å². The van der Waals surface area contributed by atoms with E-state index in [0.29, 0.717) is 12.4 Å². The van der Waals surface area contributed by atoms with E-state index in [1.54, 1.807) is 18.9 Å². The summed E-state index contributed by atoms with van der Waals surface area (Å²) in [6.45, 7) is 2.39. The summed E-state index contributed by atoms with van der Waals surface area (Å²) in [6, 6.07) is -0.283. The molecule has 0 aromatic heterocycles. The Balaban J connectivity index is 3.52. The summed E-state index contributed by atoms with van der Waals surface area (Å²) in [4.78, 5) is 11.4. The molecular weight excluding hydrogens is 214 g/mol. The maximum Gasteiger partial charge on any atom is 0.230 e. The van der Waals surface area contributed by atoms with E-state index in [0.717, 1.165) is 18.6 Å². The first kappa shape index (κ1) is 14.7. The van der Waals surface area contributed by atoms with Crippen LogP contribution in [0.3, 0.4) is 0 Å². The second-order valence-electron chi connectivity index (χ2n) is 3.31. The molecule has 0 rings (SSSR count). The largest absolute Gasteiger partial charge is 0.394 e. The van der Waals surface area contributed by atoms with Crippen LogP contribution in [0.2, 0.25) is 0 Å². The molecule has 0 saturated heterocycles. The highest BCUT2D eigenvalue weighted by Crippen LogP contribution is 2.03. The van der Waals surface area contributed by atoms with E-state index < -0.39 is 0 Å². The molecule has 1 unspecified atom stereocenters. The summed E-state index contributed by atoms with van der Waals surface area (Å²) in [6.07, 6.45) is 2.29. The average Bonchev–Trinajstić information content (AvgIpc) is 2.24. The van der Waals surface area contributed by atoms with Crippen LogP contribution in [-0.4, -0.2) is 48.9 Å². The fraction of sp³-hybridized carbons (Fsp3) is 0.900. The fourth-order valence-electron chi connectivity index (χ4n) is 1.02. The van der Waals surface area contributed by atoms with E-state index in [1.165, 1.54) is 0 Å². The van der Waals surface area contributed by atoms with Gasteiger partial charge in [-0.25, -0.2) is 0 Å². The number of nitrogens with one attached hydrogen (secondary N) is 1. The molecule has 0 radical (unpaired) electrons. The second-order valence-corrected chi connectivity index (χ2v) is 4.41. The molecule has 0 spiro atoms. The molecule has 0 saturated carbocycles. The lowest BCUT2D eigenvalue weighted by molar-refractivity contribution is -0.120. The Bertz CT molecular complexity index is 167. The summed E-state index contributed by atoms with van der Waals surface area (Å²) in [5.41, 5.74) is 0. The molecule has 2 N–H and O–H groups in total. The van der Waals surface area contributed by atoms with Crippen molar-refractivity contribution in [2.45, 2.75) is 25.8 Å². The van der Waals surface area contributed by atoms with Gasteiger partial charge in [-0.2, -0.15) is 11.8 Å². The van der Waals surface area contributed by atoms with E-state index in [4.69, 9.17) is 9.84 Å². The first-order valence-electron chi connectivity index (χ1n) is 5.21. The third-order valence-electron chi connectivity index (χ3n) is 1.83. The summed E-state index contributed by atoms with van der Waals surface area (Å²) < 4.78 is 4.86. The maximum absolute atomic E-state index is 11.4. The molecule has 1 amide bonds. The molecule has 4 nitrogen and oxygen atoms in total. The van der Waals surface area contributed by atoms with Gasteiger partial charge in [-0.3, -0.25) is 4.79 Å². The van der Waals surface area contributed by atoms with Crippen molar-refractivity contribution in [2.24, 2.45) is 0 Å². The molecule has 0 aliphatic carbocycles. The van der Waals surface area contributed by atoms with Crippen molar-refractivity contribution in [3.63, 3.8) is 0 Å². The van der Waals surface area contributed by atoms with Gasteiger partial charge in [0, 0.05) is 7.11 Å². The highest BCUT2D eigenvalue weighted by molar-refractivity contribution is 7.99. The summed E-state index contributed by atoms with van der Waals surface area (Å²) >= 11 is 1.62. The number of unbranched alkanes of at least 4 members (excludes halogenated alkanes) is 1. The second kappa shape index (κ2) is 10.3. The topological polar surface area (TPSA) is 58.6 Å². The molecule has 90 valence electrons. The minimum absolute atomic E-state index is 0.0350. The van der Waals surface area contributed by atoms with E-state index in [9.17, 15) is 4.79 Å². The molecule has 0 aliphatic heterocycles. The van der Waals surface area contributed by atoms with Crippen LogP contribution >= 0.6 is 11.8 Å². The summed E-state index contributed by atoms with van der Waals surface area (Å²) in [5, 5.41) is 11.6. The molecule has 0 aliphatic rings. The summed E-state index contributed by atoms with van der Waals surface area (Å²) in [7, 11) is 1.55. The molecule has 0 fully saturated rings. The number of carbonyl (C=O) groups is 1. The van der Waals surface area contributed by atoms with Crippen molar-refractivity contribution in [3.8, 4) is 0 Å². The quantitative estimate of drug-likeness (QED) is 0.576. The first-order valence-corrected chi connectivity index (χ1v) is 6.37. The molecule has 5 heteroatoms. The van der Waals surface area contributed by atoms with Crippen molar-refractivity contribution in [3.05, 3.63) is 0 Å². The smallest absolute Gasteiger partial charge is 0.230 e. The van der Waals surface area contributed by atoms with Crippen LogP contribution in [0, 0.1) is 0 Å². The predicted octanol–water partition coefficient (Wildman–Crippen LogP) is 0.643. The minimum Gasteiger partial charge on any atom is -0.394 e. The lowest BCUT2D eigenvalue weighted by Crippen LogP contribution is -2.41. The maximum atomic E-state index is 11.4. The lowest BCUT2D eigenvalue weighted by atomic mass is 10.3. The Kier molecular flexibility index (Phi) is 10.1. The number of amides is 1. The fourth-order valence-corrected chi connectivity index (χ4v) is 1.93. The molecular formula is C10H21NO3S. The number of aliphatic hydroxyl groups is 1. The predicted molar refractivity (Wildman–Crippen MR) is 63.1 cm³/mol. The molecule has 0 aromatic carbocycles. The zero-order chi connectivity index (χ0) is 11.5. The Morgan fingerprint density at radius 2 is 2.33 bits per heavy atom. The number of rotatable bonds is 9. The summed E-state index contributed by atoms with van der Waals surface area (Å²) in [5.74, 6) is 1.44. The molecule has 0 bridgehead atoms. The number of ether oxygens (including phenoxy) is 1. The van der Waals surface area contributed by atoms with Gasteiger partial charge >= 0.3 is 0 Å². The normalized spacial score (nSPS) is 12.5. The minimum atomic E-state index is -0.283. The van der Waals surface area contributed by atoms with E-state index in [2.05, 4.69) is 12.2 Å². The van der Waals surface area contributed by atoms with Gasteiger partial charge in [-0.15, -0.1) is 0 Å². The van der Waals surface area contributed by atoms with Crippen molar-refractivity contribution in [2.75, 3.05) is 31.8 Å². The number of thioether (sulfide) groups is 1. The van der Waals surface area contributed by atoms with Crippen molar-refractivity contribution >= 4 is 17.7 Å². The molecule has 1 atom stereocenters. The number of aliphatic hydroxyl groups excluding tert-OH is 1. The molecule has 0 aromatic rings. The first-order chi connectivity index (χ1) is 7.24. The molecule has 15 heavy (non-hydrogen) atoms. The zero-order valence-electron chi connectivity index (χ0n) is 9.49. The van der Waals surface area contributed by atoms with E-state index >= 15 is 0 Å². The van der Waals surface area contributed by atoms with Crippen LogP contribution in [0.5, 0.6) is 0 Å². The lowest BCUT2D eigenvalue weighted by Gasteiger charge is -2.14. The van der Waals surface area contributed by atoms with Gasteiger partial charge < -0.3 is 15.2 Å².